The maximum absolute atomic E-state index is 12.6. The first-order chi connectivity index (χ1) is 11.8. The van der Waals surface area contributed by atoms with Gasteiger partial charge in [0.1, 0.15) is 10.1 Å². The number of nitrogens with zero attached hydrogens (tertiary/aromatic N) is 1. The lowest BCUT2D eigenvalue weighted by molar-refractivity contribution is -0.311. The quantitative estimate of drug-likeness (QED) is 0.463. The van der Waals surface area contributed by atoms with Crippen LogP contribution in [0, 0.1) is 0 Å². The summed E-state index contributed by atoms with van der Waals surface area (Å²) < 4.78 is 5.23. The van der Waals surface area contributed by atoms with E-state index in [-0.39, 0.29) is 15.6 Å². The van der Waals surface area contributed by atoms with Crippen molar-refractivity contribution < 1.29 is 29.3 Å². The Morgan fingerprint density at radius 1 is 1.36 bits per heavy atom. The van der Waals surface area contributed by atoms with Gasteiger partial charge in [0, 0.05) is 11.5 Å². The minimum absolute atomic E-state index is 0.0266. The minimum Gasteiger partial charge on any atom is -0.550 e. The molecule has 0 saturated carbocycles. The first kappa shape index (κ1) is 18.9. The molecule has 0 aliphatic carbocycles. The van der Waals surface area contributed by atoms with Gasteiger partial charge in [-0.25, -0.2) is 0 Å². The summed E-state index contributed by atoms with van der Waals surface area (Å²) in [7, 11) is 1.49. The number of thioether (sulfide) groups is 1. The minimum atomic E-state index is -1.57. The van der Waals surface area contributed by atoms with E-state index in [4.69, 9.17) is 17.0 Å². The molecule has 1 aliphatic rings. The number of carbonyl (C=O) groups is 3. The highest BCUT2D eigenvalue weighted by Crippen LogP contribution is 2.36. The van der Waals surface area contributed by atoms with Crippen molar-refractivity contribution in [2.24, 2.45) is 0 Å². The number of para-hydroxylation sites is 1. The summed E-state index contributed by atoms with van der Waals surface area (Å²) in [5.41, 5.74) is 0.630. The Kier molecular flexibility index (Phi) is 6.16. The van der Waals surface area contributed by atoms with Gasteiger partial charge in [-0.2, -0.15) is 0 Å². The van der Waals surface area contributed by atoms with Gasteiger partial charge < -0.3 is 24.5 Å². The maximum atomic E-state index is 12.6. The molecule has 1 saturated heterocycles. The molecule has 1 aromatic carbocycles. The van der Waals surface area contributed by atoms with Gasteiger partial charge in [0.2, 0.25) is 0 Å². The van der Waals surface area contributed by atoms with Crippen LogP contribution in [-0.2, 0) is 14.4 Å². The zero-order valence-corrected chi connectivity index (χ0v) is 14.7. The number of rotatable bonds is 7. The summed E-state index contributed by atoms with van der Waals surface area (Å²) in [6.07, 6.45) is 0.670. The lowest BCUT2D eigenvalue weighted by atomic mass is 10.1. The molecule has 0 unspecified atom stereocenters. The summed E-state index contributed by atoms with van der Waals surface area (Å²) in [5, 5.41) is 21.9. The van der Waals surface area contributed by atoms with E-state index in [1.807, 2.05) is 0 Å². The van der Waals surface area contributed by atoms with Crippen molar-refractivity contribution in [2.75, 3.05) is 7.11 Å². The fraction of sp³-hybridized carbons (Fsp3) is 0.250. The molecule has 0 bridgehead atoms. The normalized spacial score (nSPS) is 17.0. The Morgan fingerprint density at radius 3 is 2.64 bits per heavy atom. The zero-order chi connectivity index (χ0) is 18.6. The van der Waals surface area contributed by atoms with E-state index in [9.17, 15) is 24.6 Å². The van der Waals surface area contributed by atoms with Crippen LogP contribution in [0.15, 0.2) is 29.2 Å². The molecule has 0 radical (unpaired) electrons. The highest BCUT2D eigenvalue weighted by molar-refractivity contribution is 8.26. The summed E-state index contributed by atoms with van der Waals surface area (Å²) in [6, 6.07) is 5.52. The molecular formula is C16H13NO6S2-2. The van der Waals surface area contributed by atoms with Crippen molar-refractivity contribution in [2.45, 2.75) is 18.9 Å². The van der Waals surface area contributed by atoms with Crippen LogP contribution in [0.25, 0.3) is 6.08 Å². The number of aliphatic carboxylic acids is 2. The first-order valence-corrected chi connectivity index (χ1v) is 8.38. The van der Waals surface area contributed by atoms with Crippen LogP contribution in [0.4, 0.5) is 0 Å². The molecule has 1 amide bonds. The van der Waals surface area contributed by atoms with Crippen molar-refractivity contribution in [3.8, 4) is 5.75 Å². The molecule has 1 fully saturated rings. The third-order valence-electron chi connectivity index (χ3n) is 3.45. The van der Waals surface area contributed by atoms with Gasteiger partial charge in [-0.1, -0.05) is 42.2 Å². The number of carboxylic acids is 2. The fourth-order valence-corrected chi connectivity index (χ4v) is 3.63. The van der Waals surface area contributed by atoms with Gasteiger partial charge in [-0.3, -0.25) is 9.69 Å². The van der Waals surface area contributed by atoms with E-state index < -0.39 is 30.3 Å². The van der Waals surface area contributed by atoms with Crippen LogP contribution >= 0.6 is 24.0 Å². The molecule has 2 rings (SSSR count). The van der Waals surface area contributed by atoms with Gasteiger partial charge in [-0.05, 0) is 25.0 Å². The molecule has 1 aliphatic heterocycles. The van der Waals surface area contributed by atoms with Crippen LogP contribution in [-0.4, -0.2) is 40.2 Å². The molecular weight excluding hydrogens is 366 g/mol. The SMILES string of the molecule is COc1ccccc1/C=C1\SC(=S)N([C@@H](CCC(=O)[O-])C(=O)[O-])C1=O. The molecule has 0 aromatic heterocycles. The molecule has 1 heterocycles. The average molecular weight is 379 g/mol. The van der Waals surface area contributed by atoms with Crippen LogP contribution in [0.5, 0.6) is 5.75 Å². The predicted molar refractivity (Wildman–Crippen MR) is 91.0 cm³/mol. The van der Waals surface area contributed by atoms with Gasteiger partial charge in [0.15, 0.2) is 0 Å². The number of hydrogen-bond donors (Lipinski definition) is 0. The second-order valence-electron chi connectivity index (χ2n) is 5.04. The van der Waals surface area contributed by atoms with Crippen LogP contribution in [0.1, 0.15) is 18.4 Å². The van der Waals surface area contributed by atoms with Crippen molar-refractivity contribution in [3.63, 3.8) is 0 Å². The van der Waals surface area contributed by atoms with Gasteiger partial charge in [0.05, 0.1) is 24.0 Å². The molecule has 132 valence electrons. The van der Waals surface area contributed by atoms with E-state index in [0.29, 0.717) is 11.3 Å². The van der Waals surface area contributed by atoms with Gasteiger partial charge >= 0.3 is 0 Å². The van der Waals surface area contributed by atoms with E-state index >= 15 is 0 Å². The number of methoxy groups -OCH3 is 1. The highest BCUT2D eigenvalue weighted by Gasteiger charge is 2.37. The molecule has 7 nitrogen and oxygen atoms in total. The predicted octanol–water partition coefficient (Wildman–Crippen LogP) is -0.455. The van der Waals surface area contributed by atoms with E-state index in [1.54, 1.807) is 30.3 Å². The summed E-state index contributed by atoms with van der Waals surface area (Å²) in [6.45, 7) is 0. The van der Waals surface area contributed by atoms with Crippen molar-refractivity contribution in [1.82, 2.24) is 4.90 Å². The van der Waals surface area contributed by atoms with E-state index in [1.165, 1.54) is 7.11 Å². The van der Waals surface area contributed by atoms with Crippen LogP contribution in [0.2, 0.25) is 0 Å². The second-order valence-corrected chi connectivity index (χ2v) is 6.71. The summed E-state index contributed by atoms with van der Waals surface area (Å²) >= 11 is 6.02. The number of thiocarbonyl (C=S) groups is 1. The van der Waals surface area contributed by atoms with Crippen molar-refractivity contribution in [1.29, 1.82) is 0 Å². The Morgan fingerprint density at radius 2 is 2.04 bits per heavy atom. The van der Waals surface area contributed by atoms with E-state index in [0.717, 1.165) is 16.7 Å². The number of carbonyl (C=O) groups excluding carboxylic acids is 3. The third-order valence-corrected chi connectivity index (χ3v) is 4.79. The monoisotopic (exact) mass is 379 g/mol. The molecule has 0 spiro atoms. The Labute approximate surface area is 153 Å². The molecule has 25 heavy (non-hydrogen) atoms. The largest absolute Gasteiger partial charge is 0.550 e. The first-order valence-electron chi connectivity index (χ1n) is 7.16. The van der Waals surface area contributed by atoms with Crippen LogP contribution < -0.4 is 14.9 Å². The number of amides is 1. The lowest BCUT2D eigenvalue weighted by Gasteiger charge is -2.27. The molecule has 0 N–H and O–H groups in total. The van der Waals surface area contributed by atoms with Gasteiger partial charge in [-0.15, -0.1) is 0 Å². The fourth-order valence-electron chi connectivity index (χ4n) is 2.28. The van der Waals surface area contributed by atoms with Crippen LogP contribution in [0.3, 0.4) is 0 Å². The average Bonchev–Trinajstić information content (AvgIpc) is 2.82. The van der Waals surface area contributed by atoms with E-state index in [2.05, 4.69) is 0 Å². The molecule has 1 atom stereocenters. The van der Waals surface area contributed by atoms with Crippen molar-refractivity contribution >= 4 is 52.2 Å². The Bertz CT molecular complexity index is 761. The highest BCUT2D eigenvalue weighted by atomic mass is 32.2. The molecule has 9 heteroatoms. The second kappa shape index (κ2) is 8.13. The zero-order valence-electron chi connectivity index (χ0n) is 13.1. The number of hydrogen-bond acceptors (Lipinski definition) is 8. The number of benzene rings is 1. The molecule has 1 aromatic rings. The maximum Gasteiger partial charge on any atom is 0.266 e. The number of ether oxygens (including phenoxy) is 1. The number of carboxylic acid groups (broad SMARTS) is 2. The van der Waals surface area contributed by atoms with Crippen molar-refractivity contribution in [3.05, 3.63) is 34.7 Å². The summed E-state index contributed by atoms with van der Waals surface area (Å²) in [4.78, 5) is 35.6. The third kappa shape index (κ3) is 4.37. The Balaban J connectivity index is 2.30. The van der Waals surface area contributed by atoms with Gasteiger partial charge in [0.25, 0.3) is 5.91 Å². The standard InChI is InChI=1S/C16H15NO6S2/c1-23-11-5-3-2-4-9(11)8-12-14(20)17(16(24)25-12)10(15(21)22)6-7-13(18)19/h2-5,8,10H,6-7H2,1H3,(H,18,19)(H,21,22)/p-2/b12-8-/t10-/m0/s1. The summed E-state index contributed by atoms with van der Waals surface area (Å²) in [5.74, 6) is -3.06. The Hall–Kier alpha value is -2.39. The smallest absolute Gasteiger partial charge is 0.266 e. The lowest BCUT2D eigenvalue weighted by Crippen LogP contribution is -2.50. The topological polar surface area (TPSA) is 110 Å².